The van der Waals surface area contributed by atoms with Crippen molar-refractivity contribution >= 4 is 43.8 Å². The first-order chi connectivity index (χ1) is 13.3. The van der Waals surface area contributed by atoms with E-state index in [9.17, 15) is 12.8 Å². The van der Waals surface area contributed by atoms with Gasteiger partial charge in [-0.1, -0.05) is 22.9 Å². The van der Waals surface area contributed by atoms with E-state index in [1.54, 1.807) is 6.07 Å². The van der Waals surface area contributed by atoms with E-state index in [4.69, 9.17) is 11.6 Å². The van der Waals surface area contributed by atoms with E-state index in [1.807, 2.05) is 0 Å². The number of aromatic nitrogens is 1. The molecule has 2 atom stereocenters. The van der Waals surface area contributed by atoms with Gasteiger partial charge >= 0.3 is 0 Å². The first-order valence-corrected chi connectivity index (χ1v) is 11.9. The maximum Gasteiger partial charge on any atom is 0.263 e. The van der Waals surface area contributed by atoms with Crippen LogP contribution in [0.3, 0.4) is 0 Å². The Labute approximate surface area is 173 Å². The van der Waals surface area contributed by atoms with Crippen LogP contribution in [-0.2, 0) is 10.0 Å². The Bertz CT molecular complexity index is 984. The third-order valence-corrected chi connectivity index (χ3v) is 8.25. The van der Waals surface area contributed by atoms with Gasteiger partial charge in [0.15, 0.2) is 10.3 Å². The number of anilines is 2. The number of rotatable bonds is 6. The summed E-state index contributed by atoms with van der Waals surface area (Å²) >= 11 is 6.98. The van der Waals surface area contributed by atoms with Crippen LogP contribution in [0, 0.1) is 5.13 Å². The molecule has 2 fully saturated rings. The number of fused-ring (bicyclic) bond motifs is 1. The molecule has 1 aromatic heterocycles. The molecule has 0 aliphatic carbocycles. The van der Waals surface area contributed by atoms with Crippen LogP contribution in [0.1, 0.15) is 32.6 Å². The van der Waals surface area contributed by atoms with Crippen molar-refractivity contribution < 1.29 is 12.8 Å². The molecule has 28 heavy (non-hydrogen) atoms. The fourth-order valence-corrected chi connectivity index (χ4v) is 6.49. The number of hydrogen-bond acceptors (Lipinski definition) is 6. The van der Waals surface area contributed by atoms with Gasteiger partial charge in [-0.15, -0.1) is 0 Å². The Morgan fingerprint density at radius 3 is 2.96 bits per heavy atom. The SMILES string of the molecule is C[C@H]1CC[C@@]2(CNc3ccc(S(=O)(=O)Nc4ncc(F)s4)cc3Cl)CCCN12. The van der Waals surface area contributed by atoms with E-state index in [0.717, 1.165) is 19.3 Å². The van der Waals surface area contributed by atoms with Crippen molar-refractivity contribution in [1.29, 1.82) is 0 Å². The summed E-state index contributed by atoms with van der Waals surface area (Å²) in [6.07, 6.45) is 5.72. The largest absolute Gasteiger partial charge is 0.382 e. The zero-order valence-electron chi connectivity index (χ0n) is 15.4. The molecular weight excluding hydrogens is 423 g/mol. The summed E-state index contributed by atoms with van der Waals surface area (Å²) in [4.78, 5) is 6.27. The second-order valence-corrected chi connectivity index (χ2v) is 10.5. The molecule has 1 aromatic carbocycles. The minimum Gasteiger partial charge on any atom is -0.382 e. The summed E-state index contributed by atoms with van der Waals surface area (Å²) in [5.74, 6) is 0. The van der Waals surface area contributed by atoms with Gasteiger partial charge in [-0.25, -0.2) is 13.4 Å². The lowest BCUT2D eigenvalue weighted by atomic mass is 9.94. The highest BCUT2D eigenvalue weighted by atomic mass is 35.5. The van der Waals surface area contributed by atoms with Crippen LogP contribution in [0.25, 0.3) is 0 Å². The van der Waals surface area contributed by atoms with Gasteiger partial charge in [0.25, 0.3) is 10.0 Å². The molecular formula is C18H22ClFN4O2S2. The predicted molar refractivity (Wildman–Crippen MR) is 110 cm³/mol. The van der Waals surface area contributed by atoms with Crippen molar-refractivity contribution in [2.75, 3.05) is 23.1 Å². The molecule has 2 aliphatic rings. The lowest BCUT2D eigenvalue weighted by molar-refractivity contribution is 0.170. The van der Waals surface area contributed by atoms with Crippen molar-refractivity contribution in [3.63, 3.8) is 0 Å². The summed E-state index contributed by atoms with van der Waals surface area (Å²) in [5.41, 5.74) is 0.880. The van der Waals surface area contributed by atoms with Crippen LogP contribution < -0.4 is 10.0 Å². The van der Waals surface area contributed by atoms with Crippen molar-refractivity contribution in [2.45, 2.75) is 49.1 Å². The second kappa shape index (κ2) is 7.44. The van der Waals surface area contributed by atoms with Crippen molar-refractivity contribution in [2.24, 2.45) is 0 Å². The molecule has 0 unspecified atom stereocenters. The molecule has 0 amide bonds. The number of hydrogen-bond donors (Lipinski definition) is 2. The van der Waals surface area contributed by atoms with Gasteiger partial charge in [-0.3, -0.25) is 9.62 Å². The molecule has 2 aromatic rings. The fourth-order valence-electron chi connectivity index (χ4n) is 4.37. The summed E-state index contributed by atoms with van der Waals surface area (Å²) in [5, 5.41) is 3.17. The second-order valence-electron chi connectivity index (χ2n) is 7.48. The monoisotopic (exact) mass is 444 g/mol. The maximum absolute atomic E-state index is 13.0. The highest BCUT2D eigenvalue weighted by molar-refractivity contribution is 7.93. The molecule has 2 aliphatic heterocycles. The number of sulfonamides is 1. The summed E-state index contributed by atoms with van der Waals surface area (Å²) in [7, 11) is -3.88. The van der Waals surface area contributed by atoms with Crippen LogP contribution in [0.2, 0.25) is 5.02 Å². The molecule has 10 heteroatoms. The third kappa shape index (κ3) is 3.72. The smallest absolute Gasteiger partial charge is 0.263 e. The third-order valence-electron chi connectivity index (χ3n) is 5.77. The summed E-state index contributed by atoms with van der Waals surface area (Å²) in [6.45, 7) is 4.21. The Hall–Kier alpha value is -1.42. The minimum atomic E-state index is -3.88. The number of thiazole rings is 1. The summed E-state index contributed by atoms with van der Waals surface area (Å²) in [6, 6.07) is 5.17. The van der Waals surface area contributed by atoms with Crippen LogP contribution in [0.15, 0.2) is 29.3 Å². The van der Waals surface area contributed by atoms with E-state index >= 15 is 0 Å². The van der Waals surface area contributed by atoms with Gasteiger partial charge in [0.1, 0.15) is 0 Å². The Morgan fingerprint density at radius 1 is 1.43 bits per heavy atom. The molecule has 152 valence electrons. The van der Waals surface area contributed by atoms with Gasteiger partial charge < -0.3 is 5.32 Å². The fraction of sp³-hybridized carbons (Fsp3) is 0.500. The zero-order valence-corrected chi connectivity index (χ0v) is 17.8. The van der Waals surface area contributed by atoms with Crippen LogP contribution in [0.5, 0.6) is 0 Å². The maximum atomic E-state index is 13.0. The first kappa shape index (κ1) is 19.9. The quantitative estimate of drug-likeness (QED) is 0.699. The molecule has 0 spiro atoms. The van der Waals surface area contributed by atoms with E-state index in [1.165, 1.54) is 37.8 Å². The topological polar surface area (TPSA) is 74.3 Å². The van der Waals surface area contributed by atoms with Gasteiger partial charge in [0.2, 0.25) is 0 Å². The van der Waals surface area contributed by atoms with Crippen molar-refractivity contribution in [3.05, 3.63) is 34.5 Å². The predicted octanol–water partition coefficient (Wildman–Crippen LogP) is 4.17. The highest BCUT2D eigenvalue weighted by Crippen LogP contribution is 2.42. The normalized spacial score (nSPS) is 25.0. The van der Waals surface area contributed by atoms with Gasteiger partial charge in [0, 0.05) is 18.1 Å². The molecule has 4 rings (SSSR count). The van der Waals surface area contributed by atoms with E-state index in [0.29, 0.717) is 28.1 Å². The van der Waals surface area contributed by atoms with E-state index in [2.05, 4.69) is 26.8 Å². The Balaban J connectivity index is 1.47. The summed E-state index contributed by atoms with van der Waals surface area (Å²) < 4.78 is 40.3. The van der Waals surface area contributed by atoms with Crippen LogP contribution in [0.4, 0.5) is 15.2 Å². The average molecular weight is 445 g/mol. The standard InChI is InChI=1S/C18H22ClFN4O2S2/c1-12-5-7-18(6-2-8-24(12)18)11-22-15-4-3-13(9-14(15)19)28(25,26)23-17-21-10-16(20)27-17/h3-4,9-10,12,22H,2,5-8,11H2,1H3,(H,21,23)/t12-,18+/m0/s1. The first-order valence-electron chi connectivity index (χ1n) is 9.23. The molecule has 0 bridgehead atoms. The Morgan fingerprint density at radius 2 is 2.25 bits per heavy atom. The van der Waals surface area contributed by atoms with Crippen molar-refractivity contribution in [1.82, 2.24) is 9.88 Å². The molecule has 2 N–H and O–H groups in total. The minimum absolute atomic E-state index is 0.00815. The number of nitrogens with one attached hydrogen (secondary N) is 2. The lowest BCUT2D eigenvalue weighted by Crippen LogP contribution is -2.46. The number of nitrogens with zero attached hydrogens (tertiary/aromatic N) is 2. The molecule has 0 radical (unpaired) electrons. The van der Waals surface area contributed by atoms with Gasteiger partial charge in [0.05, 0.1) is 21.8 Å². The average Bonchev–Trinajstić information content (AvgIpc) is 3.31. The van der Waals surface area contributed by atoms with E-state index < -0.39 is 15.2 Å². The number of halogens is 2. The van der Waals surface area contributed by atoms with Gasteiger partial charge in [-0.05, 0) is 57.4 Å². The molecule has 0 saturated carbocycles. The van der Waals surface area contributed by atoms with Crippen LogP contribution >= 0.6 is 22.9 Å². The zero-order chi connectivity index (χ0) is 19.9. The molecule has 6 nitrogen and oxygen atoms in total. The molecule has 2 saturated heterocycles. The lowest BCUT2D eigenvalue weighted by Gasteiger charge is -2.34. The molecule has 3 heterocycles. The Kier molecular flexibility index (Phi) is 5.28. The van der Waals surface area contributed by atoms with E-state index in [-0.39, 0.29) is 15.6 Å². The van der Waals surface area contributed by atoms with Crippen molar-refractivity contribution in [3.8, 4) is 0 Å². The number of benzene rings is 1. The highest BCUT2D eigenvalue weighted by Gasteiger charge is 2.47. The van der Waals surface area contributed by atoms with Crippen LogP contribution in [-0.4, -0.2) is 43.0 Å². The van der Waals surface area contributed by atoms with Gasteiger partial charge in [-0.2, -0.15) is 4.39 Å².